The fourth-order valence-electron chi connectivity index (χ4n) is 2.48. The minimum absolute atomic E-state index is 0.113. The fraction of sp³-hybridized carbons (Fsp3) is 0.545. The van der Waals surface area contributed by atoms with Gasteiger partial charge in [0.25, 0.3) is 0 Å². The molecular formula is C11H14F2N2. The van der Waals surface area contributed by atoms with Crippen LogP contribution in [0.1, 0.15) is 25.3 Å². The summed E-state index contributed by atoms with van der Waals surface area (Å²) in [6.07, 6.45) is 2.11. The Balaban J connectivity index is 2.41. The first-order valence-corrected chi connectivity index (χ1v) is 4.99. The van der Waals surface area contributed by atoms with E-state index in [0.29, 0.717) is 6.54 Å². The van der Waals surface area contributed by atoms with Gasteiger partial charge in [-0.3, -0.25) is 4.98 Å². The second-order valence-corrected chi connectivity index (χ2v) is 4.66. The monoisotopic (exact) mass is 212 g/mol. The van der Waals surface area contributed by atoms with Gasteiger partial charge in [0.2, 0.25) is 0 Å². The van der Waals surface area contributed by atoms with Crippen LogP contribution >= 0.6 is 0 Å². The van der Waals surface area contributed by atoms with E-state index in [1.165, 1.54) is 0 Å². The number of aromatic nitrogens is 1. The predicted octanol–water partition coefficient (Wildman–Crippen LogP) is 2.06. The zero-order chi connectivity index (χ0) is 11.2. The number of hydrogen-bond donors (Lipinski definition) is 1. The normalized spacial score (nSPS) is 27.8. The Morgan fingerprint density at radius 3 is 2.27 bits per heavy atom. The van der Waals surface area contributed by atoms with Crippen LogP contribution in [0.3, 0.4) is 0 Å². The van der Waals surface area contributed by atoms with E-state index >= 15 is 0 Å². The highest BCUT2D eigenvalue weighted by Gasteiger charge is 2.59. The van der Waals surface area contributed by atoms with E-state index in [0.717, 1.165) is 12.4 Å². The molecule has 0 spiro atoms. The first-order valence-electron chi connectivity index (χ1n) is 4.99. The van der Waals surface area contributed by atoms with Gasteiger partial charge in [-0.1, -0.05) is 13.8 Å². The Kier molecular flexibility index (Phi) is 2.26. The number of nitrogens with zero attached hydrogens (tertiary/aromatic N) is 1. The summed E-state index contributed by atoms with van der Waals surface area (Å²) in [5.74, 6) is -1.09. The molecule has 0 unspecified atom stereocenters. The third-order valence-electron chi connectivity index (χ3n) is 3.51. The molecule has 0 aliphatic heterocycles. The lowest BCUT2D eigenvalue weighted by atomic mass is 10.0. The van der Waals surface area contributed by atoms with Crippen molar-refractivity contribution in [2.24, 2.45) is 17.1 Å². The fourth-order valence-corrected chi connectivity index (χ4v) is 2.48. The summed E-state index contributed by atoms with van der Waals surface area (Å²) in [7, 11) is 0. The lowest BCUT2D eigenvalue weighted by Gasteiger charge is -2.05. The average Bonchev–Trinajstić information content (AvgIpc) is 2.68. The zero-order valence-corrected chi connectivity index (χ0v) is 8.80. The number of halogens is 2. The van der Waals surface area contributed by atoms with Crippen molar-refractivity contribution in [1.29, 1.82) is 0 Å². The van der Waals surface area contributed by atoms with Gasteiger partial charge in [-0.2, -0.15) is 0 Å². The van der Waals surface area contributed by atoms with E-state index in [1.54, 1.807) is 0 Å². The maximum atomic E-state index is 13.5. The summed E-state index contributed by atoms with van der Waals surface area (Å²) >= 11 is 0. The van der Waals surface area contributed by atoms with E-state index < -0.39 is 11.6 Å². The predicted molar refractivity (Wildman–Crippen MR) is 53.2 cm³/mol. The Hall–Kier alpha value is -1.03. The lowest BCUT2D eigenvalue weighted by molar-refractivity contribution is 0.521. The lowest BCUT2D eigenvalue weighted by Crippen LogP contribution is -2.05. The molecule has 15 heavy (non-hydrogen) atoms. The molecule has 4 heteroatoms. The molecule has 0 radical (unpaired) electrons. The topological polar surface area (TPSA) is 38.9 Å². The smallest absolute Gasteiger partial charge is 0.147 e. The van der Waals surface area contributed by atoms with Gasteiger partial charge in [-0.05, 0) is 23.8 Å². The van der Waals surface area contributed by atoms with Crippen molar-refractivity contribution in [3.63, 3.8) is 0 Å². The minimum Gasteiger partial charge on any atom is -0.330 e. The third kappa shape index (κ3) is 1.44. The molecule has 0 bridgehead atoms. The summed E-state index contributed by atoms with van der Waals surface area (Å²) in [5, 5.41) is 0. The van der Waals surface area contributed by atoms with E-state index in [4.69, 9.17) is 5.73 Å². The highest BCUT2D eigenvalue weighted by atomic mass is 19.1. The van der Waals surface area contributed by atoms with E-state index in [1.807, 2.05) is 13.8 Å². The van der Waals surface area contributed by atoms with Gasteiger partial charge in [-0.15, -0.1) is 0 Å². The Bertz CT molecular complexity index is 370. The number of pyridine rings is 1. The summed E-state index contributed by atoms with van der Waals surface area (Å²) in [4.78, 5) is 3.47. The van der Waals surface area contributed by atoms with Crippen LogP contribution in [-0.2, 0) is 0 Å². The van der Waals surface area contributed by atoms with Gasteiger partial charge in [0.1, 0.15) is 11.6 Å². The summed E-state index contributed by atoms with van der Waals surface area (Å²) in [6.45, 7) is 4.42. The van der Waals surface area contributed by atoms with E-state index in [2.05, 4.69) is 4.98 Å². The summed E-state index contributed by atoms with van der Waals surface area (Å²) < 4.78 is 26.9. The molecule has 1 saturated carbocycles. The number of nitrogens with two attached hydrogens (primary N) is 1. The maximum absolute atomic E-state index is 13.5. The molecule has 0 amide bonds. The first kappa shape index (κ1) is 10.5. The number of hydrogen-bond acceptors (Lipinski definition) is 2. The van der Waals surface area contributed by atoms with Crippen molar-refractivity contribution in [3.05, 3.63) is 29.6 Å². The molecule has 1 aromatic heterocycles. The molecule has 2 rings (SSSR count). The quantitative estimate of drug-likeness (QED) is 0.815. The van der Waals surface area contributed by atoms with Crippen LogP contribution in [0, 0.1) is 23.0 Å². The van der Waals surface area contributed by atoms with Crippen molar-refractivity contribution in [2.75, 3.05) is 6.54 Å². The second-order valence-electron chi connectivity index (χ2n) is 4.66. The van der Waals surface area contributed by atoms with Gasteiger partial charge < -0.3 is 5.73 Å². The average molecular weight is 212 g/mol. The molecular weight excluding hydrogens is 198 g/mol. The van der Waals surface area contributed by atoms with Crippen LogP contribution in [-0.4, -0.2) is 11.5 Å². The van der Waals surface area contributed by atoms with Crippen LogP contribution in [0.5, 0.6) is 0 Å². The number of rotatable bonds is 2. The van der Waals surface area contributed by atoms with Crippen molar-refractivity contribution >= 4 is 0 Å². The molecule has 0 aromatic carbocycles. The van der Waals surface area contributed by atoms with Gasteiger partial charge in [0, 0.05) is 5.56 Å². The van der Waals surface area contributed by atoms with Crippen molar-refractivity contribution < 1.29 is 8.78 Å². The van der Waals surface area contributed by atoms with Crippen LogP contribution < -0.4 is 5.73 Å². The van der Waals surface area contributed by atoms with Gasteiger partial charge >= 0.3 is 0 Å². The molecule has 1 aliphatic rings. The van der Waals surface area contributed by atoms with Crippen LogP contribution in [0.15, 0.2) is 12.4 Å². The molecule has 0 saturated heterocycles. The molecule has 1 aliphatic carbocycles. The Labute approximate surface area is 87.5 Å². The molecule has 1 fully saturated rings. The van der Waals surface area contributed by atoms with E-state index in [-0.39, 0.29) is 22.8 Å². The minimum atomic E-state index is -0.566. The molecule has 1 heterocycles. The molecule has 2 N–H and O–H groups in total. The molecule has 2 nitrogen and oxygen atoms in total. The van der Waals surface area contributed by atoms with Crippen LogP contribution in [0.2, 0.25) is 0 Å². The van der Waals surface area contributed by atoms with Crippen LogP contribution in [0.25, 0.3) is 0 Å². The third-order valence-corrected chi connectivity index (χ3v) is 3.51. The highest BCUT2D eigenvalue weighted by molar-refractivity contribution is 5.32. The standard InChI is InChI=1S/C11H14F2N2/c1-11(2)6(3-14)10(11)9-7(12)4-15-5-8(9)13/h4-6,10H,3,14H2,1-2H3/t6-,10+/m0/s1. The second kappa shape index (κ2) is 3.23. The van der Waals surface area contributed by atoms with Crippen molar-refractivity contribution in [1.82, 2.24) is 4.98 Å². The summed E-state index contributed by atoms with van der Waals surface area (Å²) in [5.41, 5.74) is 5.61. The summed E-state index contributed by atoms with van der Waals surface area (Å²) in [6, 6.07) is 0. The first-order chi connectivity index (χ1) is 7.00. The van der Waals surface area contributed by atoms with E-state index in [9.17, 15) is 8.78 Å². The molecule has 1 aromatic rings. The highest BCUT2D eigenvalue weighted by Crippen LogP contribution is 2.64. The largest absolute Gasteiger partial charge is 0.330 e. The Morgan fingerprint density at radius 1 is 1.33 bits per heavy atom. The van der Waals surface area contributed by atoms with Gasteiger partial charge in [0.05, 0.1) is 12.4 Å². The Morgan fingerprint density at radius 2 is 1.87 bits per heavy atom. The SMILES string of the molecule is CC1(C)[C@@H](CN)[C@@H]1c1c(F)cncc1F. The van der Waals surface area contributed by atoms with Gasteiger partial charge in [-0.25, -0.2) is 8.78 Å². The zero-order valence-electron chi connectivity index (χ0n) is 8.80. The molecule has 2 atom stereocenters. The van der Waals surface area contributed by atoms with Crippen molar-refractivity contribution in [2.45, 2.75) is 19.8 Å². The van der Waals surface area contributed by atoms with Gasteiger partial charge in [0.15, 0.2) is 0 Å². The van der Waals surface area contributed by atoms with Crippen molar-refractivity contribution in [3.8, 4) is 0 Å². The van der Waals surface area contributed by atoms with Crippen LogP contribution in [0.4, 0.5) is 8.78 Å². The maximum Gasteiger partial charge on any atom is 0.147 e. The molecule has 82 valence electrons.